The van der Waals surface area contributed by atoms with E-state index in [4.69, 9.17) is 10.5 Å². The van der Waals surface area contributed by atoms with Gasteiger partial charge in [0.05, 0.1) is 12.7 Å². The van der Waals surface area contributed by atoms with Gasteiger partial charge in [0.25, 0.3) is 0 Å². The Hall–Kier alpha value is -3.95. The average Bonchev–Trinajstić information content (AvgIpc) is 3.41. The molecule has 1 aliphatic rings. The zero-order valence-electron chi connectivity index (χ0n) is 19.6. The number of H-pyrrole nitrogens is 1. The number of nitrogens with two attached hydrogens (primary N) is 1. The zero-order valence-corrected chi connectivity index (χ0v) is 19.6. The second-order valence-corrected chi connectivity index (χ2v) is 9.68. The van der Waals surface area contributed by atoms with Crippen molar-refractivity contribution in [2.45, 2.75) is 52.3 Å². The van der Waals surface area contributed by atoms with E-state index in [2.05, 4.69) is 43.7 Å². The van der Waals surface area contributed by atoms with Gasteiger partial charge in [-0.3, -0.25) is 4.68 Å². The molecule has 0 saturated carbocycles. The first-order valence-corrected chi connectivity index (χ1v) is 11.3. The second kappa shape index (κ2) is 8.44. The number of amides is 1. The molecule has 10 heteroatoms. The van der Waals surface area contributed by atoms with Crippen LogP contribution in [0.1, 0.15) is 48.6 Å². The number of fused-ring (bicyclic) bond motifs is 2. The van der Waals surface area contributed by atoms with Gasteiger partial charge in [0.15, 0.2) is 0 Å². The van der Waals surface area contributed by atoms with E-state index in [0.717, 1.165) is 28.7 Å². The minimum absolute atomic E-state index is 0.266. The smallest absolute Gasteiger partial charge is 0.410 e. The van der Waals surface area contributed by atoms with Crippen LogP contribution in [0.4, 0.5) is 10.6 Å². The Morgan fingerprint density at radius 1 is 1.18 bits per heavy atom. The lowest BCUT2D eigenvalue weighted by Crippen LogP contribution is -2.39. The monoisotopic (exact) mass is 460 g/mol. The molecule has 1 aliphatic heterocycles. The largest absolute Gasteiger partial charge is 0.444 e. The molecule has 0 atom stereocenters. The van der Waals surface area contributed by atoms with Crippen molar-refractivity contribution in [2.24, 2.45) is 0 Å². The van der Waals surface area contributed by atoms with E-state index in [1.54, 1.807) is 4.90 Å². The molecule has 0 radical (unpaired) electrons. The Morgan fingerprint density at radius 2 is 2.03 bits per heavy atom. The molecule has 1 amide bonds. The molecule has 3 aromatic heterocycles. The summed E-state index contributed by atoms with van der Waals surface area (Å²) in [7, 11) is 0. The average molecular weight is 461 g/mol. The first-order valence-electron chi connectivity index (χ1n) is 11.3. The number of aromatic amines is 1. The molecular weight excluding hydrogens is 432 g/mol. The van der Waals surface area contributed by atoms with Crippen LogP contribution in [-0.4, -0.2) is 53.3 Å². The highest BCUT2D eigenvalue weighted by Gasteiger charge is 2.25. The molecular formula is C24H28N8O2. The fourth-order valence-corrected chi connectivity index (χ4v) is 4.24. The molecule has 0 spiro atoms. The van der Waals surface area contributed by atoms with E-state index in [1.807, 2.05) is 43.9 Å². The van der Waals surface area contributed by atoms with E-state index in [9.17, 15) is 4.79 Å². The van der Waals surface area contributed by atoms with Crippen molar-refractivity contribution in [1.82, 2.24) is 35.1 Å². The van der Waals surface area contributed by atoms with Gasteiger partial charge in [0.2, 0.25) is 5.65 Å². The number of benzene rings is 1. The van der Waals surface area contributed by atoms with Crippen LogP contribution in [-0.2, 0) is 30.7 Å². The van der Waals surface area contributed by atoms with Crippen molar-refractivity contribution in [1.29, 1.82) is 0 Å². The second-order valence-electron chi connectivity index (χ2n) is 9.68. The fraction of sp³-hybridized carbons (Fsp3) is 0.375. The maximum absolute atomic E-state index is 12.5. The number of hydrogen-bond donors (Lipinski definition) is 2. The summed E-state index contributed by atoms with van der Waals surface area (Å²) in [6, 6.07) is 8.27. The number of carbonyl (C=O) groups is 1. The maximum atomic E-state index is 12.5. The quantitative estimate of drug-likeness (QED) is 0.479. The minimum Gasteiger partial charge on any atom is -0.444 e. The Labute approximate surface area is 197 Å². The van der Waals surface area contributed by atoms with Crippen LogP contribution in [0.25, 0.3) is 11.2 Å². The van der Waals surface area contributed by atoms with E-state index in [1.165, 1.54) is 5.56 Å². The molecule has 0 aliphatic carbocycles. The molecule has 34 heavy (non-hydrogen) atoms. The number of nitrogen functional groups attached to an aromatic ring is 1. The highest BCUT2D eigenvalue weighted by molar-refractivity contribution is 5.76. The number of aromatic nitrogens is 6. The highest BCUT2D eigenvalue weighted by Crippen LogP contribution is 2.23. The SMILES string of the molecule is CC(C)(C)OC(=O)N1CCc2ccc(Cn3cc(Cc4cc(N)nc5n[nH]nc45)cn3)cc2C1. The van der Waals surface area contributed by atoms with Crippen LogP contribution in [0.3, 0.4) is 0 Å². The number of nitrogens with one attached hydrogen (secondary N) is 1. The van der Waals surface area contributed by atoms with Crippen LogP contribution in [0.2, 0.25) is 0 Å². The van der Waals surface area contributed by atoms with Crippen LogP contribution in [0.5, 0.6) is 0 Å². The Kier molecular flexibility index (Phi) is 5.43. The van der Waals surface area contributed by atoms with E-state index < -0.39 is 5.60 Å². The normalized spacial score (nSPS) is 13.8. The lowest BCUT2D eigenvalue weighted by molar-refractivity contribution is 0.0224. The highest BCUT2D eigenvalue weighted by atomic mass is 16.6. The van der Waals surface area contributed by atoms with E-state index in [0.29, 0.717) is 43.0 Å². The summed E-state index contributed by atoms with van der Waals surface area (Å²) in [5.74, 6) is 0.415. The minimum atomic E-state index is -0.502. The summed E-state index contributed by atoms with van der Waals surface area (Å²) in [5.41, 5.74) is 12.2. The maximum Gasteiger partial charge on any atom is 0.410 e. The molecule has 176 valence electrons. The Balaban J connectivity index is 1.28. The van der Waals surface area contributed by atoms with Crippen LogP contribution >= 0.6 is 0 Å². The zero-order chi connectivity index (χ0) is 23.9. The third-order valence-electron chi connectivity index (χ3n) is 5.75. The lowest BCUT2D eigenvalue weighted by atomic mass is 9.97. The molecule has 10 nitrogen and oxygen atoms in total. The number of rotatable bonds is 4. The van der Waals surface area contributed by atoms with Crippen molar-refractivity contribution in [3.8, 4) is 0 Å². The van der Waals surface area contributed by atoms with Gasteiger partial charge < -0.3 is 15.4 Å². The number of nitrogens with zero attached hydrogens (tertiary/aromatic N) is 6. The summed E-state index contributed by atoms with van der Waals surface area (Å²) in [6.07, 6.45) is 5.07. The van der Waals surface area contributed by atoms with Gasteiger partial charge in [-0.2, -0.15) is 15.4 Å². The molecule has 1 aromatic carbocycles. The van der Waals surface area contributed by atoms with Gasteiger partial charge in [0.1, 0.15) is 16.9 Å². The van der Waals surface area contributed by atoms with Crippen molar-refractivity contribution in [2.75, 3.05) is 12.3 Å². The first-order chi connectivity index (χ1) is 16.2. The van der Waals surface area contributed by atoms with E-state index >= 15 is 0 Å². The summed E-state index contributed by atoms with van der Waals surface area (Å²) in [5, 5.41) is 15.4. The van der Waals surface area contributed by atoms with Crippen LogP contribution in [0, 0.1) is 0 Å². The number of carbonyl (C=O) groups excluding carboxylic acids is 1. The lowest BCUT2D eigenvalue weighted by Gasteiger charge is -2.31. The predicted molar refractivity (Wildman–Crippen MR) is 127 cm³/mol. The van der Waals surface area contributed by atoms with Crippen molar-refractivity contribution in [3.05, 3.63) is 64.5 Å². The van der Waals surface area contributed by atoms with Gasteiger partial charge in [-0.05, 0) is 61.1 Å². The van der Waals surface area contributed by atoms with Crippen LogP contribution < -0.4 is 5.73 Å². The Morgan fingerprint density at radius 3 is 2.85 bits per heavy atom. The number of pyridine rings is 1. The number of hydrogen-bond acceptors (Lipinski definition) is 7. The van der Waals surface area contributed by atoms with Crippen molar-refractivity contribution >= 4 is 23.1 Å². The summed E-state index contributed by atoms with van der Waals surface area (Å²) in [6.45, 7) is 7.52. The molecule has 0 bridgehead atoms. The fourth-order valence-electron chi connectivity index (χ4n) is 4.24. The molecule has 5 rings (SSSR count). The Bertz CT molecular complexity index is 1350. The van der Waals surface area contributed by atoms with Gasteiger partial charge in [-0.1, -0.05) is 18.2 Å². The first kappa shape index (κ1) is 21.9. The van der Waals surface area contributed by atoms with Crippen molar-refractivity contribution < 1.29 is 9.53 Å². The predicted octanol–water partition coefficient (Wildman–Crippen LogP) is 3.06. The summed E-state index contributed by atoms with van der Waals surface area (Å²) in [4.78, 5) is 18.5. The topological polar surface area (TPSA) is 128 Å². The number of anilines is 1. The van der Waals surface area contributed by atoms with E-state index in [-0.39, 0.29) is 6.09 Å². The summed E-state index contributed by atoms with van der Waals surface area (Å²) >= 11 is 0. The standard InChI is InChI=1S/C24H28N8O2/c1-24(2,3)34-23(33)31-7-6-17-5-4-15(8-19(17)14-31)12-32-13-16(11-26-32)9-18-10-20(25)27-22-21(18)28-30-29-22/h4-5,8,10-11,13H,6-7,9,12,14H2,1-3H3,(H3,25,27,28,29,30). The summed E-state index contributed by atoms with van der Waals surface area (Å²) < 4.78 is 7.46. The van der Waals surface area contributed by atoms with Crippen molar-refractivity contribution in [3.63, 3.8) is 0 Å². The third kappa shape index (κ3) is 4.70. The van der Waals surface area contributed by atoms with Gasteiger partial charge in [-0.25, -0.2) is 9.78 Å². The number of ether oxygens (including phenoxy) is 1. The molecule has 0 saturated heterocycles. The van der Waals surface area contributed by atoms with Crippen LogP contribution in [0.15, 0.2) is 36.7 Å². The molecule has 0 unspecified atom stereocenters. The molecule has 4 aromatic rings. The van der Waals surface area contributed by atoms with Gasteiger partial charge in [0, 0.05) is 25.7 Å². The van der Waals surface area contributed by atoms with Gasteiger partial charge in [-0.15, -0.1) is 5.10 Å². The molecule has 3 N–H and O–H groups in total. The third-order valence-corrected chi connectivity index (χ3v) is 5.75. The molecule has 0 fully saturated rings. The van der Waals surface area contributed by atoms with Gasteiger partial charge >= 0.3 is 6.09 Å². The molecule has 4 heterocycles.